The van der Waals surface area contributed by atoms with Crippen molar-refractivity contribution < 1.29 is 0 Å². The first-order chi connectivity index (χ1) is 20.3. The summed E-state index contributed by atoms with van der Waals surface area (Å²) < 4.78 is 1.26. The monoisotopic (exact) mass is 634 g/mol. The molecular weight excluding hydrogens is 607 g/mol. The first-order valence-corrected chi connectivity index (χ1v) is 15.0. The molecule has 0 fully saturated rings. The van der Waals surface area contributed by atoms with Gasteiger partial charge in [-0.3, -0.25) is 0 Å². The summed E-state index contributed by atoms with van der Waals surface area (Å²) in [6.07, 6.45) is 0. The molecule has 0 bridgehead atoms. The molecule has 0 unspecified atom stereocenters. The number of benzene rings is 5. The second-order valence-electron chi connectivity index (χ2n) is 10.2. The lowest BCUT2D eigenvalue weighted by molar-refractivity contribution is 1.53. The van der Waals surface area contributed by atoms with Crippen LogP contribution in [0.4, 0.5) is 0 Å². The van der Waals surface area contributed by atoms with Crippen LogP contribution < -0.4 is 0 Å². The van der Waals surface area contributed by atoms with Gasteiger partial charge in [0.15, 0.2) is 0 Å². The summed E-state index contributed by atoms with van der Waals surface area (Å²) >= 11 is 2.49. The molecule has 41 heavy (non-hydrogen) atoms. The molecule has 0 saturated heterocycles. The van der Waals surface area contributed by atoms with Gasteiger partial charge in [0.05, 0.1) is 0 Å². The Morgan fingerprint density at radius 1 is 0.268 bits per heavy atom. The van der Waals surface area contributed by atoms with E-state index in [-0.39, 0.29) is 0 Å². The van der Waals surface area contributed by atoms with Crippen LogP contribution in [0.5, 0.6) is 0 Å². The van der Waals surface area contributed by atoms with Gasteiger partial charge in [0.2, 0.25) is 0 Å². The summed E-state index contributed by atoms with van der Waals surface area (Å²) in [7, 11) is 0. The smallest absolute Gasteiger partial charge is 0.0215 e. The summed E-state index contributed by atoms with van der Waals surface area (Å²) in [5.74, 6) is 0. The highest BCUT2D eigenvalue weighted by molar-refractivity contribution is 14.1. The van der Waals surface area contributed by atoms with Crippen LogP contribution >= 0.6 is 22.6 Å². The van der Waals surface area contributed by atoms with Gasteiger partial charge in [0, 0.05) is 3.57 Å². The van der Waals surface area contributed by atoms with Crippen LogP contribution in [0.25, 0.3) is 66.8 Å². The van der Waals surface area contributed by atoms with Gasteiger partial charge in [-0.15, -0.1) is 0 Å². The Morgan fingerprint density at radius 3 is 1.17 bits per heavy atom. The molecule has 5 aromatic rings. The Morgan fingerprint density at radius 2 is 0.659 bits per heavy atom. The Hall–Kier alpha value is -4.47. The number of rotatable bonds is 5. The van der Waals surface area contributed by atoms with Crippen molar-refractivity contribution >= 4 is 22.6 Å². The molecule has 0 aromatic heterocycles. The third-order valence-electron chi connectivity index (χ3n) is 7.75. The van der Waals surface area contributed by atoms with E-state index in [1.54, 1.807) is 0 Å². The zero-order chi connectivity index (χ0) is 27.6. The second-order valence-corrected chi connectivity index (χ2v) is 11.4. The van der Waals surface area contributed by atoms with E-state index in [1.807, 2.05) is 0 Å². The van der Waals surface area contributed by atoms with E-state index in [1.165, 1.54) is 70.3 Å². The fourth-order valence-corrected chi connectivity index (χ4v) is 6.72. The highest BCUT2D eigenvalue weighted by atomic mass is 127. The van der Waals surface area contributed by atoms with Crippen molar-refractivity contribution in [3.8, 4) is 66.8 Å². The predicted octanol–water partition coefficient (Wildman–Crippen LogP) is 11.7. The molecule has 0 nitrogen and oxygen atoms in total. The summed E-state index contributed by atoms with van der Waals surface area (Å²) in [6, 6.07) is 59.2. The average Bonchev–Trinajstić information content (AvgIpc) is 3.19. The van der Waals surface area contributed by atoms with Gasteiger partial charge in [-0.25, -0.2) is 0 Å². The molecule has 5 aromatic carbocycles. The molecule has 0 N–H and O–H groups in total. The Labute approximate surface area is 255 Å². The third kappa shape index (κ3) is 4.77. The molecule has 0 aliphatic heterocycles. The summed E-state index contributed by atoms with van der Waals surface area (Å²) in [4.78, 5) is 0. The molecule has 0 atom stereocenters. The molecule has 7 rings (SSSR count). The predicted molar refractivity (Wildman–Crippen MR) is 183 cm³/mol. The quantitative estimate of drug-likeness (QED) is 0.165. The van der Waals surface area contributed by atoms with E-state index < -0.39 is 0 Å². The minimum Gasteiger partial charge on any atom is -0.0622 e. The molecule has 0 amide bonds. The number of hydrogen-bond donors (Lipinski definition) is 0. The van der Waals surface area contributed by atoms with Crippen LogP contribution in [0.3, 0.4) is 0 Å². The Bertz CT molecular complexity index is 1910. The maximum atomic E-state index is 2.49. The van der Waals surface area contributed by atoms with Crippen molar-refractivity contribution in [1.82, 2.24) is 0 Å². The lowest BCUT2D eigenvalue weighted by atomic mass is 9.78. The number of fused-ring (bicyclic) bond motifs is 1. The lowest BCUT2D eigenvalue weighted by Crippen LogP contribution is -1.98. The summed E-state index contributed by atoms with van der Waals surface area (Å²) in [5.41, 5.74) is 14.9. The largest absolute Gasteiger partial charge is 0.0622 e. The average molecular weight is 635 g/mol. The highest BCUT2D eigenvalue weighted by Crippen LogP contribution is 2.52. The highest BCUT2D eigenvalue weighted by Gasteiger charge is 2.26. The molecular formula is C40H27I. The third-order valence-corrected chi connectivity index (χ3v) is 8.64. The minimum atomic E-state index is 1.21. The SMILES string of the molecule is Ic1cc(-c2cc(-c3ccccc3)c(-c3ccccc3)c(-c3ccccc3)c2-c2ccccc2)c2cccccc1-2. The van der Waals surface area contributed by atoms with E-state index in [4.69, 9.17) is 0 Å². The van der Waals surface area contributed by atoms with Gasteiger partial charge in [0.25, 0.3) is 0 Å². The van der Waals surface area contributed by atoms with E-state index in [0.717, 1.165) is 0 Å². The van der Waals surface area contributed by atoms with Crippen LogP contribution in [0.15, 0.2) is 164 Å². The standard InChI is InChI=1S/C40H27I/c41-37-27-35(32-24-14-5-15-25-33(32)37)36-26-34(28-16-6-1-7-17-28)38(29-18-8-2-9-19-29)40(31-22-12-4-13-23-31)39(36)30-20-10-3-11-21-30/h1-27H. The molecule has 0 saturated carbocycles. The molecule has 194 valence electrons. The summed E-state index contributed by atoms with van der Waals surface area (Å²) in [6.45, 7) is 0. The zero-order valence-corrected chi connectivity index (χ0v) is 24.6. The topological polar surface area (TPSA) is 0 Å². The first kappa shape index (κ1) is 25.5. The van der Waals surface area contributed by atoms with Crippen molar-refractivity contribution in [2.24, 2.45) is 0 Å². The molecule has 0 spiro atoms. The summed E-state index contributed by atoms with van der Waals surface area (Å²) in [5, 5.41) is 0. The van der Waals surface area contributed by atoms with E-state index >= 15 is 0 Å². The van der Waals surface area contributed by atoms with E-state index in [0.29, 0.717) is 0 Å². The van der Waals surface area contributed by atoms with Gasteiger partial charge in [-0.1, -0.05) is 152 Å². The van der Waals surface area contributed by atoms with E-state index in [2.05, 4.69) is 186 Å². The van der Waals surface area contributed by atoms with Crippen molar-refractivity contribution in [2.45, 2.75) is 0 Å². The maximum absolute atomic E-state index is 2.49. The number of halogens is 1. The second kappa shape index (κ2) is 11.2. The van der Waals surface area contributed by atoms with Crippen LogP contribution in [-0.2, 0) is 0 Å². The van der Waals surface area contributed by atoms with Crippen molar-refractivity contribution in [3.05, 3.63) is 167 Å². The van der Waals surface area contributed by atoms with Gasteiger partial charge >= 0.3 is 0 Å². The van der Waals surface area contributed by atoms with Crippen molar-refractivity contribution in [3.63, 3.8) is 0 Å². The van der Waals surface area contributed by atoms with Crippen molar-refractivity contribution in [1.29, 1.82) is 0 Å². The van der Waals surface area contributed by atoms with Crippen molar-refractivity contribution in [2.75, 3.05) is 0 Å². The van der Waals surface area contributed by atoms with Crippen LogP contribution in [-0.4, -0.2) is 0 Å². The normalized spacial score (nSPS) is 11.0. The molecule has 2 aliphatic carbocycles. The van der Waals surface area contributed by atoms with Crippen LogP contribution in [0.1, 0.15) is 0 Å². The molecule has 0 radical (unpaired) electrons. The fourth-order valence-electron chi connectivity index (χ4n) is 5.94. The van der Waals surface area contributed by atoms with Gasteiger partial charge in [-0.05, 0) is 101 Å². The number of hydrogen-bond acceptors (Lipinski definition) is 0. The fraction of sp³-hybridized carbons (Fsp3) is 0. The zero-order valence-electron chi connectivity index (χ0n) is 22.5. The van der Waals surface area contributed by atoms with Gasteiger partial charge in [-0.2, -0.15) is 0 Å². The molecule has 1 heteroatoms. The molecule has 0 heterocycles. The van der Waals surface area contributed by atoms with Gasteiger partial charge in [0.1, 0.15) is 0 Å². The first-order valence-electron chi connectivity index (χ1n) is 13.9. The van der Waals surface area contributed by atoms with Crippen LogP contribution in [0.2, 0.25) is 0 Å². The lowest BCUT2D eigenvalue weighted by Gasteiger charge is -2.24. The minimum absolute atomic E-state index is 1.21. The van der Waals surface area contributed by atoms with E-state index in [9.17, 15) is 0 Å². The maximum Gasteiger partial charge on any atom is 0.0215 e. The Balaban J connectivity index is 1.71. The Kier molecular flexibility index (Phi) is 6.96. The van der Waals surface area contributed by atoms with Crippen LogP contribution in [0, 0.1) is 3.57 Å². The van der Waals surface area contributed by atoms with Gasteiger partial charge < -0.3 is 0 Å². The molecule has 2 aliphatic rings.